The summed E-state index contributed by atoms with van der Waals surface area (Å²) < 4.78 is 85.3. The Kier molecular flexibility index (Phi) is 8.84. The summed E-state index contributed by atoms with van der Waals surface area (Å²) in [6, 6.07) is 3.01. The number of thioether (sulfide) groups is 1. The molecule has 0 aliphatic carbocycles. The number of ether oxygens (including phenoxy) is 2. The van der Waals surface area contributed by atoms with Crippen molar-refractivity contribution < 1.29 is 36.2 Å². The highest BCUT2D eigenvalue weighted by Gasteiger charge is 2.46. The number of rotatable bonds is 2. The lowest BCUT2D eigenvalue weighted by Crippen LogP contribution is -2.60. The minimum absolute atomic E-state index is 0.253. The van der Waals surface area contributed by atoms with Gasteiger partial charge in [0.15, 0.2) is 0 Å². The van der Waals surface area contributed by atoms with Crippen molar-refractivity contribution in [2.75, 3.05) is 57.6 Å². The van der Waals surface area contributed by atoms with Crippen LogP contribution in [0.5, 0.6) is 0 Å². The number of nitrogens with zero attached hydrogens (tertiary/aromatic N) is 4. The average molecular weight is 655 g/mol. The van der Waals surface area contributed by atoms with Gasteiger partial charge < -0.3 is 19.3 Å². The maximum atomic E-state index is 15.3. The van der Waals surface area contributed by atoms with Crippen LogP contribution >= 0.6 is 11.8 Å². The second-order valence-corrected chi connectivity index (χ2v) is 14.3. The van der Waals surface area contributed by atoms with Gasteiger partial charge in [-0.1, -0.05) is 0 Å². The van der Waals surface area contributed by atoms with E-state index >= 15 is 4.39 Å². The van der Waals surface area contributed by atoms with Crippen LogP contribution in [0.1, 0.15) is 45.7 Å². The number of piperazine rings is 1. The van der Waals surface area contributed by atoms with Crippen LogP contribution in [0.4, 0.5) is 32.4 Å². The normalized spacial score (nSPS) is 22.2. The number of carbonyl (C=O) groups is 1. The molecule has 2 atom stereocenters. The molecule has 0 unspecified atom stereocenters. The fraction of sp³-hybridized carbons (Fsp3) is 0.562. The number of aliphatic imine (C=N–C) groups is 1. The molecule has 7 nitrogen and oxygen atoms in total. The van der Waals surface area contributed by atoms with Crippen LogP contribution in [0.3, 0.4) is 0 Å². The molecule has 2 fully saturated rings. The number of carbonyl (C=O) groups excluding carboxylic acids is 1. The van der Waals surface area contributed by atoms with Crippen LogP contribution in [-0.4, -0.2) is 92.1 Å². The number of amidine groups is 1. The lowest BCUT2D eigenvalue weighted by molar-refractivity contribution is -0.137. The summed E-state index contributed by atoms with van der Waals surface area (Å²) in [6.45, 7) is 11.1. The highest BCUT2D eigenvalue weighted by molar-refractivity contribution is 7.99. The van der Waals surface area contributed by atoms with Crippen molar-refractivity contribution in [3.63, 3.8) is 0 Å². The molecule has 45 heavy (non-hydrogen) atoms. The van der Waals surface area contributed by atoms with Crippen LogP contribution < -0.4 is 4.90 Å². The summed E-state index contributed by atoms with van der Waals surface area (Å²) in [7, 11) is 3.34. The maximum Gasteiger partial charge on any atom is 0.417 e. The third-order valence-corrected chi connectivity index (χ3v) is 9.77. The van der Waals surface area contributed by atoms with E-state index in [0.29, 0.717) is 56.2 Å². The van der Waals surface area contributed by atoms with E-state index in [4.69, 9.17) is 9.47 Å². The molecule has 0 N–H and O–H groups in total. The molecular weight excluding hydrogens is 615 g/mol. The topological polar surface area (TPSA) is 57.6 Å². The first-order valence-corrected chi connectivity index (χ1v) is 15.8. The minimum Gasteiger partial charge on any atom is -0.444 e. The Labute approximate surface area is 264 Å². The van der Waals surface area contributed by atoms with Crippen molar-refractivity contribution >= 4 is 29.4 Å². The van der Waals surface area contributed by atoms with E-state index in [2.05, 4.69) is 4.99 Å². The predicted molar refractivity (Wildman–Crippen MR) is 165 cm³/mol. The molecule has 246 valence electrons. The van der Waals surface area contributed by atoms with Gasteiger partial charge in [-0.15, -0.1) is 11.8 Å². The minimum atomic E-state index is -4.86. The first kappa shape index (κ1) is 33.3. The van der Waals surface area contributed by atoms with E-state index < -0.39 is 35.1 Å². The van der Waals surface area contributed by atoms with Gasteiger partial charge in [0.1, 0.15) is 23.1 Å². The molecule has 0 aromatic heterocycles. The molecule has 3 aliphatic rings. The van der Waals surface area contributed by atoms with Crippen molar-refractivity contribution in [2.45, 2.75) is 63.4 Å². The number of amides is 1. The molecule has 5 rings (SSSR count). The lowest BCUT2D eigenvalue weighted by atomic mass is 9.87. The zero-order valence-electron chi connectivity index (χ0n) is 26.5. The van der Waals surface area contributed by atoms with Crippen molar-refractivity contribution in [3.05, 3.63) is 47.0 Å². The summed E-state index contributed by atoms with van der Waals surface area (Å²) >= 11 is 1.24. The van der Waals surface area contributed by atoms with Crippen molar-refractivity contribution in [1.29, 1.82) is 0 Å². The number of benzene rings is 2. The van der Waals surface area contributed by atoms with Crippen molar-refractivity contribution in [3.8, 4) is 11.1 Å². The Balaban J connectivity index is 1.67. The number of alkyl halides is 3. The van der Waals surface area contributed by atoms with E-state index in [1.54, 1.807) is 25.7 Å². The van der Waals surface area contributed by atoms with Gasteiger partial charge in [-0.05, 0) is 52.8 Å². The Morgan fingerprint density at radius 3 is 2.24 bits per heavy atom. The number of fused-ring (bicyclic) bond motifs is 1. The van der Waals surface area contributed by atoms with Gasteiger partial charge >= 0.3 is 12.3 Å². The standard InChI is InChI=1S/C32H39F5N4O3S/c1-18-12-40(13-19(2)41(18)29(42)44-30(3,4)5)28(38-6)22-11-23(32(35,36)37)25(21-9-8-20(33)10-24(21)34)27-26(22)39(7)14-31(17-45-27)15-43-16-31/h8-11,18-19H,12-17H2,1-7H3/t18-,19+. The Morgan fingerprint density at radius 2 is 1.73 bits per heavy atom. The fourth-order valence-electron chi connectivity index (χ4n) is 6.54. The molecule has 1 amide bonds. The first-order chi connectivity index (χ1) is 20.9. The Hall–Kier alpha value is -3.06. The van der Waals surface area contributed by atoms with Gasteiger partial charge in [0.25, 0.3) is 0 Å². The largest absolute Gasteiger partial charge is 0.444 e. The van der Waals surface area contributed by atoms with Gasteiger partial charge in [-0.3, -0.25) is 9.89 Å². The summed E-state index contributed by atoms with van der Waals surface area (Å²) in [5.41, 5.74) is -1.91. The molecule has 2 aromatic carbocycles. The summed E-state index contributed by atoms with van der Waals surface area (Å²) in [5, 5.41) is 0. The predicted octanol–water partition coefficient (Wildman–Crippen LogP) is 6.92. The van der Waals surface area contributed by atoms with Crippen LogP contribution in [0.2, 0.25) is 0 Å². The van der Waals surface area contributed by atoms with E-state index in [1.165, 1.54) is 18.8 Å². The molecule has 13 heteroatoms. The van der Waals surface area contributed by atoms with E-state index in [-0.39, 0.29) is 39.1 Å². The van der Waals surface area contributed by atoms with Gasteiger partial charge in [0.05, 0.1) is 36.5 Å². The second kappa shape index (κ2) is 11.9. The van der Waals surface area contributed by atoms with E-state index in [0.717, 1.165) is 18.2 Å². The smallest absolute Gasteiger partial charge is 0.417 e. The molecule has 0 bridgehead atoms. The molecule has 2 saturated heterocycles. The third-order valence-electron chi connectivity index (χ3n) is 8.33. The second-order valence-electron chi connectivity index (χ2n) is 13.3. The first-order valence-electron chi connectivity index (χ1n) is 14.8. The SMILES string of the molecule is CN=C(c1cc(C(F)(F)F)c(-c2ccc(F)cc2F)c2c1N(C)CC1(COC1)CS2)N1C[C@@H](C)N(C(=O)OC(C)(C)C)[C@@H](C)C1. The number of hydrogen-bond donors (Lipinski definition) is 0. The molecule has 0 radical (unpaired) electrons. The molecule has 3 heterocycles. The third kappa shape index (κ3) is 6.47. The summed E-state index contributed by atoms with van der Waals surface area (Å²) in [6.07, 6.45) is -5.32. The highest BCUT2D eigenvalue weighted by atomic mass is 32.2. The number of hydrogen-bond acceptors (Lipinski definition) is 6. The number of anilines is 1. The van der Waals surface area contributed by atoms with Crippen molar-refractivity contribution in [2.24, 2.45) is 10.4 Å². The van der Waals surface area contributed by atoms with Crippen LogP contribution in [-0.2, 0) is 15.7 Å². The summed E-state index contributed by atoms with van der Waals surface area (Å²) in [5.74, 6) is -1.16. The van der Waals surface area contributed by atoms with Crippen molar-refractivity contribution in [1.82, 2.24) is 9.80 Å². The van der Waals surface area contributed by atoms with Gasteiger partial charge in [0.2, 0.25) is 0 Å². The molecular formula is C32H39F5N4O3S. The quantitative estimate of drug-likeness (QED) is 0.199. The van der Waals surface area contributed by atoms with Crippen LogP contribution in [0.15, 0.2) is 34.2 Å². The molecule has 0 saturated carbocycles. The average Bonchev–Trinajstić information content (AvgIpc) is 3.04. The lowest BCUT2D eigenvalue weighted by Gasteiger charge is -2.46. The summed E-state index contributed by atoms with van der Waals surface area (Å²) in [4.78, 5) is 23.3. The van der Waals surface area contributed by atoms with Gasteiger partial charge in [0, 0.05) is 72.5 Å². The maximum absolute atomic E-state index is 15.3. The van der Waals surface area contributed by atoms with E-state index in [1.807, 2.05) is 30.7 Å². The molecule has 3 aliphatic heterocycles. The highest BCUT2D eigenvalue weighted by Crippen LogP contribution is 2.53. The molecule has 2 aromatic rings. The Bertz CT molecular complexity index is 1490. The zero-order valence-corrected chi connectivity index (χ0v) is 27.3. The monoisotopic (exact) mass is 654 g/mol. The number of halogens is 5. The Morgan fingerprint density at radius 1 is 1.09 bits per heavy atom. The zero-order chi connectivity index (χ0) is 33.1. The molecule has 1 spiro atoms. The van der Waals surface area contributed by atoms with E-state index in [9.17, 15) is 22.4 Å². The van der Waals surface area contributed by atoms with Crippen LogP contribution in [0, 0.1) is 17.0 Å². The van der Waals surface area contributed by atoms with Gasteiger partial charge in [-0.25, -0.2) is 13.6 Å². The fourth-order valence-corrected chi connectivity index (χ4v) is 8.02. The van der Waals surface area contributed by atoms with Gasteiger partial charge in [-0.2, -0.15) is 13.2 Å². The van der Waals surface area contributed by atoms with Crippen LogP contribution in [0.25, 0.3) is 11.1 Å².